The number of nitrogens with one attached hydrogen (secondary N) is 9. The van der Waals surface area contributed by atoms with Crippen molar-refractivity contribution in [1.82, 2.24) is 57.7 Å². The van der Waals surface area contributed by atoms with Gasteiger partial charge in [0.15, 0.2) is 0 Å². The zero-order valence-corrected chi connectivity index (χ0v) is 54.1. The van der Waals surface area contributed by atoms with Gasteiger partial charge in [0, 0.05) is 44.4 Å². The maximum Gasteiger partial charge on any atom is 0.246 e. The minimum absolute atomic E-state index is 0.0189. The van der Waals surface area contributed by atoms with Crippen LogP contribution in [0.5, 0.6) is 0 Å². The van der Waals surface area contributed by atoms with Crippen LogP contribution in [-0.2, 0) is 52.7 Å². The Morgan fingerprint density at radius 2 is 1.08 bits per heavy atom. The summed E-state index contributed by atoms with van der Waals surface area (Å²) in [5.41, 5.74) is -6.36. The van der Waals surface area contributed by atoms with Crippen LogP contribution >= 0.6 is 0 Å². The third-order valence-corrected chi connectivity index (χ3v) is 15.2. The molecule has 0 aromatic rings. The van der Waals surface area contributed by atoms with Crippen molar-refractivity contribution in [2.75, 3.05) is 33.3 Å². The van der Waals surface area contributed by atoms with E-state index in [1.807, 2.05) is 11.8 Å². The van der Waals surface area contributed by atoms with Gasteiger partial charge in [-0.2, -0.15) is 0 Å². The number of rotatable bonds is 38. The summed E-state index contributed by atoms with van der Waals surface area (Å²) < 4.78 is 0. The highest BCUT2D eigenvalue weighted by Crippen LogP contribution is 2.24. The highest BCUT2D eigenvalue weighted by Gasteiger charge is 2.43. The molecule has 0 bridgehead atoms. The lowest BCUT2D eigenvalue weighted by Gasteiger charge is -2.34. The van der Waals surface area contributed by atoms with Gasteiger partial charge in [-0.05, 0) is 127 Å². The Bertz CT molecular complexity index is 2240. The molecular formula is C60H109N11O13. The lowest BCUT2D eigenvalue weighted by Crippen LogP contribution is -2.66. The van der Waals surface area contributed by atoms with Gasteiger partial charge in [0.05, 0.1) is 12.7 Å². The molecule has 1 heterocycles. The molecule has 10 amide bonds. The van der Waals surface area contributed by atoms with Crippen LogP contribution in [0.25, 0.3) is 0 Å². The molecule has 0 aromatic heterocycles. The van der Waals surface area contributed by atoms with Crippen LogP contribution in [0.3, 0.4) is 0 Å². The second-order valence-corrected chi connectivity index (χ2v) is 25.9. The second-order valence-electron chi connectivity index (χ2n) is 25.9. The number of unbranched alkanes of at least 4 members (excludes halogenated alkanes) is 5. The number of nitrogens with zero attached hydrogens (tertiary/aromatic N) is 2. The van der Waals surface area contributed by atoms with Gasteiger partial charge in [-0.3, -0.25) is 52.7 Å². The Kier molecular flexibility index (Phi) is 31.8. The van der Waals surface area contributed by atoms with Gasteiger partial charge in [-0.15, -0.1) is 0 Å². The van der Waals surface area contributed by atoms with Gasteiger partial charge in [-0.1, -0.05) is 80.1 Å². The third-order valence-electron chi connectivity index (χ3n) is 15.2. The van der Waals surface area contributed by atoms with E-state index < -0.39 is 118 Å². The highest BCUT2D eigenvalue weighted by molar-refractivity contribution is 6.01. The molecule has 1 rings (SSSR count). The number of aliphatic hydroxyl groups excluding tert-OH is 2. The zero-order chi connectivity index (χ0) is 64.7. The van der Waals surface area contributed by atoms with Crippen LogP contribution in [0, 0.1) is 17.8 Å². The molecule has 84 heavy (non-hydrogen) atoms. The largest absolute Gasteiger partial charge is 0.395 e. The molecule has 1 aliphatic heterocycles. The number of Topliss-reactive ketones (excluding diaryl/α,β-unsaturated/α-hetero) is 1. The van der Waals surface area contributed by atoms with E-state index in [0.717, 1.165) is 32.1 Å². The first-order valence-corrected chi connectivity index (χ1v) is 30.4. The van der Waals surface area contributed by atoms with Crippen molar-refractivity contribution in [3.8, 4) is 0 Å². The van der Waals surface area contributed by atoms with Gasteiger partial charge >= 0.3 is 0 Å². The Morgan fingerprint density at radius 1 is 0.595 bits per heavy atom. The molecule has 0 aliphatic carbocycles. The van der Waals surface area contributed by atoms with Crippen LogP contribution in [0.15, 0.2) is 0 Å². The number of likely N-dealkylation sites (N-methyl/N-ethyl adjacent to an activating group) is 1. The summed E-state index contributed by atoms with van der Waals surface area (Å²) in [5.74, 6) is -7.78. The summed E-state index contributed by atoms with van der Waals surface area (Å²) in [6.45, 7) is 28.0. The molecular weight excluding hydrogens is 1080 g/mol. The van der Waals surface area contributed by atoms with E-state index in [2.05, 4.69) is 54.8 Å². The smallest absolute Gasteiger partial charge is 0.246 e. The summed E-state index contributed by atoms with van der Waals surface area (Å²) in [6, 6.07) is -6.07. The fourth-order valence-corrected chi connectivity index (χ4v) is 9.62. The van der Waals surface area contributed by atoms with Gasteiger partial charge < -0.3 is 67.9 Å². The first-order chi connectivity index (χ1) is 38.8. The highest BCUT2D eigenvalue weighted by atomic mass is 16.3. The molecule has 482 valence electrons. The van der Waals surface area contributed by atoms with Crippen LogP contribution in [0.2, 0.25) is 0 Å². The van der Waals surface area contributed by atoms with Crippen LogP contribution in [0.4, 0.5) is 0 Å². The van der Waals surface area contributed by atoms with Crippen molar-refractivity contribution in [2.24, 2.45) is 17.8 Å². The number of carbonyl (C=O) groups is 11. The van der Waals surface area contributed by atoms with Crippen molar-refractivity contribution in [2.45, 2.75) is 266 Å². The van der Waals surface area contributed by atoms with Crippen molar-refractivity contribution < 1.29 is 63.0 Å². The van der Waals surface area contributed by atoms with E-state index in [4.69, 9.17) is 0 Å². The van der Waals surface area contributed by atoms with Crippen molar-refractivity contribution in [1.29, 1.82) is 0 Å². The molecule has 24 heteroatoms. The molecule has 9 atom stereocenters. The van der Waals surface area contributed by atoms with Crippen molar-refractivity contribution in [3.63, 3.8) is 0 Å². The number of aliphatic hydroxyl groups is 2. The summed E-state index contributed by atoms with van der Waals surface area (Å²) in [4.78, 5) is 153. The fraction of sp³-hybridized carbons (Fsp3) is 0.817. The number of ketones is 1. The van der Waals surface area contributed by atoms with E-state index in [9.17, 15) is 63.0 Å². The molecule has 0 saturated carbocycles. The van der Waals surface area contributed by atoms with Gasteiger partial charge in [-0.25, -0.2) is 0 Å². The molecule has 1 fully saturated rings. The Balaban J connectivity index is 3.10. The Morgan fingerprint density at radius 3 is 1.58 bits per heavy atom. The monoisotopic (exact) mass is 1190 g/mol. The number of hydrogen-bond donors (Lipinski definition) is 11. The topological polar surface area (TPSA) is 343 Å². The molecule has 0 aromatic carbocycles. The van der Waals surface area contributed by atoms with E-state index in [0.29, 0.717) is 38.9 Å². The average Bonchev–Trinajstić information content (AvgIpc) is 4.03. The van der Waals surface area contributed by atoms with E-state index in [-0.39, 0.29) is 61.9 Å². The number of likely N-dealkylation sites (tertiary alicyclic amines) is 1. The molecule has 4 unspecified atom stereocenters. The maximum absolute atomic E-state index is 14.1. The van der Waals surface area contributed by atoms with Crippen molar-refractivity contribution in [3.05, 3.63) is 0 Å². The summed E-state index contributed by atoms with van der Waals surface area (Å²) in [7, 11) is 1.79. The standard InChI is InChI=1S/C60H109N11O13/c1-19-21-22-23-24-25-27-38(6)52(80)71-29-26-28-45(71)50(78)64-44(33-37(5)32-43(74)34-42(73)20-2)49(77)62-40(8)47(75)66-60(16,17)56(84)69-58(12,13)54(82)65-46(36(3)4)51(79)63-41(9)48(76)67-59(14,15)55(83)68-57(10,11)53(81)61-39(7)35-70(18)30-31-72/h36-41,43-46,72,74H,19-35H2,1-18H3,(H,61,81)(H,62,77)(H,63,79)(H,64,78)(H,65,82)(H,66,75)(H,67,76)(H,68,83)(H,69,84)/t37-,38?,39+,40+,41+,43?,44+,45?,46?/m1/s1. The Hall–Kier alpha value is -5.75. The summed E-state index contributed by atoms with van der Waals surface area (Å²) >= 11 is 0. The summed E-state index contributed by atoms with van der Waals surface area (Å²) in [5, 5.41) is 43.9. The molecule has 1 aliphatic rings. The predicted molar refractivity (Wildman–Crippen MR) is 321 cm³/mol. The lowest BCUT2D eigenvalue weighted by atomic mass is 9.92. The fourth-order valence-electron chi connectivity index (χ4n) is 9.62. The molecule has 0 spiro atoms. The molecule has 0 radical (unpaired) electrons. The normalized spacial score (nSPS) is 16.8. The van der Waals surface area contributed by atoms with Crippen LogP contribution in [-0.4, -0.2) is 183 Å². The quantitative estimate of drug-likeness (QED) is 0.0395. The van der Waals surface area contributed by atoms with Crippen LogP contribution < -0.4 is 47.9 Å². The lowest BCUT2D eigenvalue weighted by molar-refractivity contribution is -0.142. The Labute approximate surface area is 500 Å². The maximum atomic E-state index is 14.1. The SMILES string of the molecule is CCCCCCCCC(C)C(=O)N1CCCC1C(=O)N[C@@H](C[C@H](C)CC(O)CC(=O)CC)C(=O)N[C@@H](C)C(=O)NC(C)(C)C(=O)NC(C)(C)C(=O)NC(C(=O)N[C@@H](C)C(=O)NC(C)(C)C(=O)NC(C)(C)C(=O)N[C@@H](C)CN(C)CCO)C(C)C. The number of hydrogen-bond acceptors (Lipinski definition) is 14. The number of carbonyl (C=O) groups excluding carboxylic acids is 11. The van der Waals surface area contributed by atoms with E-state index in [1.165, 1.54) is 75.7 Å². The number of amides is 10. The second kappa shape index (κ2) is 35.0. The first-order valence-electron chi connectivity index (χ1n) is 30.4. The van der Waals surface area contributed by atoms with E-state index in [1.54, 1.807) is 46.6 Å². The minimum atomic E-state index is -1.70. The zero-order valence-electron chi connectivity index (χ0n) is 54.1. The average molecular weight is 1190 g/mol. The summed E-state index contributed by atoms with van der Waals surface area (Å²) in [6.07, 6.45) is 7.54. The third kappa shape index (κ3) is 25.8. The van der Waals surface area contributed by atoms with Gasteiger partial charge in [0.25, 0.3) is 0 Å². The molecule has 24 nitrogen and oxygen atoms in total. The predicted octanol–water partition coefficient (Wildman–Crippen LogP) is 2.15. The van der Waals surface area contributed by atoms with Gasteiger partial charge in [0.1, 0.15) is 58.1 Å². The van der Waals surface area contributed by atoms with E-state index >= 15 is 0 Å². The van der Waals surface area contributed by atoms with Gasteiger partial charge in [0.2, 0.25) is 59.1 Å². The van der Waals surface area contributed by atoms with Crippen molar-refractivity contribution >= 4 is 64.9 Å². The minimum Gasteiger partial charge on any atom is -0.395 e. The molecule has 1 saturated heterocycles. The van der Waals surface area contributed by atoms with Crippen LogP contribution in [0.1, 0.15) is 201 Å². The first kappa shape index (κ1) is 76.3. The molecule has 11 N–H and O–H groups in total.